The van der Waals surface area contributed by atoms with Crippen molar-refractivity contribution in [2.24, 2.45) is 5.73 Å². The van der Waals surface area contributed by atoms with Crippen LogP contribution in [0.2, 0.25) is 5.02 Å². The van der Waals surface area contributed by atoms with Gasteiger partial charge in [0.15, 0.2) is 0 Å². The van der Waals surface area contributed by atoms with Crippen LogP contribution in [-0.4, -0.2) is 10.8 Å². The molecule has 3 nitrogen and oxygen atoms in total. The first kappa shape index (κ1) is 10.8. The van der Waals surface area contributed by atoms with Gasteiger partial charge in [0.25, 0.3) is 0 Å². The van der Waals surface area contributed by atoms with E-state index in [-0.39, 0.29) is 10.7 Å². The average molecular weight is 224 g/mol. The van der Waals surface area contributed by atoms with E-state index in [0.717, 1.165) is 0 Å². The van der Waals surface area contributed by atoms with E-state index >= 15 is 0 Å². The minimum absolute atomic E-state index is 0.153. The molecular weight excluding hydrogens is 219 g/mol. The summed E-state index contributed by atoms with van der Waals surface area (Å²) in [5.41, 5.74) is 3.91. The van der Waals surface area contributed by atoms with Crippen LogP contribution in [0.15, 0.2) is 12.3 Å². The molecule has 76 valence electrons. The highest BCUT2D eigenvalue weighted by molar-refractivity contribution is 6.33. The molecule has 0 atom stereocenters. The van der Waals surface area contributed by atoms with Crippen molar-refractivity contribution < 1.29 is 13.2 Å². The Bertz CT molecular complexity index is 375. The smallest absolute Gasteiger partial charge is 0.382 e. The first-order chi connectivity index (χ1) is 6.32. The normalized spacial score (nSPS) is 11.4. The molecule has 0 radical (unpaired) electrons. The van der Waals surface area contributed by atoms with Gasteiger partial charge in [-0.2, -0.15) is 13.2 Å². The first-order valence-corrected chi connectivity index (χ1v) is 3.77. The predicted octanol–water partition coefficient (Wildman–Crippen LogP) is 2.04. The third-order valence-electron chi connectivity index (χ3n) is 1.42. The summed E-state index contributed by atoms with van der Waals surface area (Å²) in [4.78, 5) is 3.34. The summed E-state index contributed by atoms with van der Waals surface area (Å²) in [5, 5.41) is 6.67. The Morgan fingerprint density at radius 3 is 2.43 bits per heavy atom. The van der Waals surface area contributed by atoms with Gasteiger partial charge in [0.1, 0.15) is 11.5 Å². The Kier molecular flexibility index (Phi) is 2.66. The summed E-state index contributed by atoms with van der Waals surface area (Å²) in [6.45, 7) is 0. The van der Waals surface area contributed by atoms with Gasteiger partial charge in [-0.15, -0.1) is 0 Å². The summed E-state index contributed by atoms with van der Waals surface area (Å²) in [7, 11) is 0. The van der Waals surface area contributed by atoms with Crippen LogP contribution >= 0.6 is 11.6 Å². The molecule has 7 heteroatoms. The van der Waals surface area contributed by atoms with Crippen LogP contribution in [0.3, 0.4) is 0 Å². The third kappa shape index (κ3) is 2.14. The van der Waals surface area contributed by atoms with Crippen LogP contribution < -0.4 is 5.73 Å². The number of alkyl halides is 3. The van der Waals surface area contributed by atoms with Gasteiger partial charge in [-0.1, -0.05) is 11.6 Å². The van der Waals surface area contributed by atoms with Gasteiger partial charge in [0.2, 0.25) is 0 Å². The number of hydrogen-bond acceptors (Lipinski definition) is 2. The van der Waals surface area contributed by atoms with Crippen molar-refractivity contribution in [3.63, 3.8) is 0 Å². The third-order valence-corrected chi connectivity index (χ3v) is 1.71. The maximum atomic E-state index is 12.1. The molecule has 0 aliphatic heterocycles. The van der Waals surface area contributed by atoms with E-state index in [9.17, 15) is 13.2 Å². The molecule has 1 aromatic heterocycles. The van der Waals surface area contributed by atoms with Crippen molar-refractivity contribution in [1.29, 1.82) is 5.41 Å². The van der Waals surface area contributed by atoms with Gasteiger partial charge in [-0.05, 0) is 6.07 Å². The Morgan fingerprint density at radius 2 is 2.07 bits per heavy atom. The summed E-state index contributed by atoms with van der Waals surface area (Å²) in [6, 6.07) is 0.686. The topological polar surface area (TPSA) is 62.8 Å². The maximum Gasteiger partial charge on any atom is 0.417 e. The van der Waals surface area contributed by atoms with Crippen molar-refractivity contribution in [2.45, 2.75) is 6.18 Å². The molecule has 0 unspecified atom stereocenters. The molecule has 0 spiro atoms. The van der Waals surface area contributed by atoms with Gasteiger partial charge >= 0.3 is 6.18 Å². The molecule has 0 aromatic carbocycles. The van der Waals surface area contributed by atoms with E-state index in [0.29, 0.717) is 12.3 Å². The largest absolute Gasteiger partial charge is 0.417 e. The minimum atomic E-state index is -4.49. The van der Waals surface area contributed by atoms with Gasteiger partial charge in [-0.3, -0.25) is 10.4 Å². The van der Waals surface area contributed by atoms with E-state index in [1.54, 1.807) is 0 Å². The van der Waals surface area contributed by atoms with E-state index in [4.69, 9.17) is 22.7 Å². The minimum Gasteiger partial charge on any atom is -0.382 e. The summed E-state index contributed by atoms with van der Waals surface area (Å²) >= 11 is 5.45. The molecule has 1 rings (SSSR count). The number of nitrogens with two attached hydrogens (primary N) is 1. The zero-order valence-corrected chi connectivity index (χ0v) is 7.45. The molecule has 0 amide bonds. The number of halogens is 4. The van der Waals surface area contributed by atoms with E-state index in [1.807, 2.05) is 0 Å². The Labute approximate surface area is 82.2 Å². The highest BCUT2D eigenvalue weighted by Gasteiger charge is 2.31. The van der Waals surface area contributed by atoms with Crippen molar-refractivity contribution in [2.75, 3.05) is 0 Å². The highest BCUT2D eigenvalue weighted by Crippen LogP contribution is 2.30. The van der Waals surface area contributed by atoms with Gasteiger partial charge in [0.05, 0.1) is 10.6 Å². The summed E-state index contributed by atoms with van der Waals surface area (Å²) < 4.78 is 36.4. The molecule has 0 saturated carbocycles. The van der Waals surface area contributed by atoms with Crippen molar-refractivity contribution in [1.82, 2.24) is 4.98 Å². The fourth-order valence-corrected chi connectivity index (χ4v) is 1.06. The van der Waals surface area contributed by atoms with Crippen molar-refractivity contribution >= 4 is 17.4 Å². The summed E-state index contributed by atoms with van der Waals surface area (Å²) in [6.07, 6.45) is -3.91. The molecule has 0 aliphatic rings. The number of rotatable bonds is 1. The first-order valence-electron chi connectivity index (χ1n) is 3.39. The molecule has 0 aliphatic carbocycles. The SMILES string of the molecule is N=C(N)c1ncc(C(F)(F)F)cc1Cl. The fourth-order valence-electron chi connectivity index (χ4n) is 0.791. The zero-order valence-electron chi connectivity index (χ0n) is 6.69. The van der Waals surface area contributed by atoms with Crippen LogP contribution in [0.25, 0.3) is 0 Å². The maximum absolute atomic E-state index is 12.1. The molecule has 3 N–H and O–H groups in total. The van der Waals surface area contributed by atoms with Crippen LogP contribution in [0.4, 0.5) is 13.2 Å². The van der Waals surface area contributed by atoms with Gasteiger partial charge in [-0.25, -0.2) is 0 Å². The van der Waals surface area contributed by atoms with Gasteiger partial charge in [0, 0.05) is 6.20 Å². The Morgan fingerprint density at radius 1 is 1.50 bits per heavy atom. The van der Waals surface area contributed by atoms with Crippen molar-refractivity contribution in [3.05, 3.63) is 28.5 Å². The van der Waals surface area contributed by atoms with Gasteiger partial charge < -0.3 is 5.73 Å². The second-order valence-electron chi connectivity index (χ2n) is 2.47. The zero-order chi connectivity index (χ0) is 10.9. The van der Waals surface area contributed by atoms with E-state index in [2.05, 4.69) is 4.98 Å². The number of hydrogen-bond donors (Lipinski definition) is 2. The van der Waals surface area contributed by atoms with Crippen LogP contribution in [0.5, 0.6) is 0 Å². The second-order valence-corrected chi connectivity index (χ2v) is 2.87. The van der Waals surface area contributed by atoms with Crippen LogP contribution in [-0.2, 0) is 6.18 Å². The Hall–Kier alpha value is -1.30. The lowest BCUT2D eigenvalue weighted by Gasteiger charge is -2.07. The number of aromatic nitrogens is 1. The molecule has 0 saturated heterocycles. The van der Waals surface area contributed by atoms with Crippen molar-refractivity contribution in [3.8, 4) is 0 Å². The lowest BCUT2D eigenvalue weighted by atomic mass is 10.2. The van der Waals surface area contributed by atoms with E-state index in [1.165, 1.54) is 0 Å². The average Bonchev–Trinajstić information content (AvgIpc) is 2.01. The highest BCUT2D eigenvalue weighted by atomic mass is 35.5. The molecular formula is C7H5ClF3N3. The predicted molar refractivity (Wildman–Crippen MR) is 45.3 cm³/mol. The number of amidine groups is 1. The molecule has 0 bridgehead atoms. The fraction of sp³-hybridized carbons (Fsp3) is 0.143. The van der Waals surface area contributed by atoms with Crippen LogP contribution in [0.1, 0.15) is 11.3 Å². The molecule has 0 fully saturated rings. The second kappa shape index (κ2) is 3.45. The van der Waals surface area contributed by atoms with E-state index < -0.39 is 17.6 Å². The monoisotopic (exact) mass is 223 g/mol. The lowest BCUT2D eigenvalue weighted by Crippen LogP contribution is -2.15. The number of nitrogen functional groups attached to an aromatic ring is 1. The molecule has 1 aromatic rings. The number of nitrogens with zero attached hydrogens (tertiary/aromatic N) is 1. The number of pyridine rings is 1. The lowest BCUT2D eigenvalue weighted by molar-refractivity contribution is -0.137. The van der Waals surface area contributed by atoms with Crippen LogP contribution in [0, 0.1) is 5.41 Å². The molecule has 1 heterocycles. The Balaban J connectivity index is 3.20. The summed E-state index contributed by atoms with van der Waals surface area (Å²) in [5.74, 6) is -0.469. The quantitative estimate of drug-likeness (QED) is 0.565. The standard InChI is InChI=1S/C7H5ClF3N3/c8-4-1-3(7(9,10)11)2-14-5(4)6(12)13/h1-2H,(H3,12,13). The number of nitrogens with one attached hydrogen (secondary N) is 1. The molecule has 14 heavy (non-hydrogen) atoms.